The minimum absolute atomic E-state index is 0.00224. The third kappa shape index (κ3) is 28.2. The lowest BCUT2D eigenvalue weighted by Crippen LogP contribution is -2.62. The number of carboxylic acids is 1. The molecular weight excluding hydrogens is 1680 g/mol. The van der Waals surface area contributed by atoms with Crippen molar-refractivity contribution in [2.24, 2.45) is 29.0 Å². The maximum Gasteiger partial charge on any atom is 0.305 e. The van der Waals surface area contributed by atoms with Crippen molar-refractivity contribution >= 4 is 123 Å². The molecule has 16 amide bonds. The SMILES string of the molecule is CCCC[C@H]1C(=O)N2CCC[C@@H]2C(=O)N[C@@H](CC(=O)O)C(=O)N[C@@H](C(C)C)C(=O)N(C)[C@@H](C(C)CC)C(=O)N[C@@H](CCC(N)=O)C(=O)N2CCC[C@@H]2C(=O)N[C@@H](Cc2c[nH]c3ccccc23)C(=O)N[C@@H](Cc2ccc(O)cc2)C(=O)N[C@@H](CCCN)C(=O)N[C@H](C(=O)NCC(N)=O)CSCC(=O)N[C@@H](Cc2ccc(F)cc2)C(=O)N(C)[C@@H](Cc2ccccc2)C(=O)N1C. The largest absolute Gasteiger partial charge is 0.508 e. The molecule has 0 aliphatic carbocycles. The Hall–Kier alpha value is -12.6. The molecule has 39 heteroatoms. The molecule has 0 radical (unpaired) electrons. The van der Waals surface area contributed by atoms with E-state index >= 15 is 43.2 Å². The second-order valence-electron chi connectivity index (χ2n) is 33.1. The summed E-state index contributed by atoms with van der Waals surface area (Å²) in [7, 11) is 3.97. The summed E-state index contributed by atoms with van der Waals surface area (Å²) in [6.07, 6.45) is 0.0422. The van der Waals surface area contributed by atoms with Gasteiger partial charge in [-0.15, -0.1) is 11.8 Å². The van der Waals surface area contributed by atoms with Crippen molar-refractivity contribution in [3.8, 4) is 5.75 Å². The van der Waals surface area contributed by atoms with E-state index < -0.39 is 234 Å². The number of nitrogens with one attached hydrogen (secondary N) is 10. The van der Waals surface area contributed by atoms with E-state index in [9.17, 15) is 53.0 Å². The number of halogens is 1. The number of benzene rings is 4. The van der Waals surface area contributed by atoms with E-state index in [4.69, 9.17) is 17.2 Å². The number of hydrogen-bond donors (Lipinski definition) is 15. The van der Waals surface area contributed by atoms with Gasteiger partial charge < -0.3 is 105 Å². The fourth-order valence-corrected chi connectivity index (χ4v) is 16.9. The van der Waals surface area contributed by atoms with Crippen LogP contribution in [0.3, 0.4) is 0 Å². The predicted molar refractivity (Wildman–Crippen MR) is 471 cm³/mol. The van der Waals surface area contributed by atoms with E-state index in [0.717, 1.165) is 33.7 Å². The van der Waals surface area contributed by atoms with Crippen LogP contribution in [0.25, 0.3) is 10.9 Å². The van der Waals surface area contributed by atoms with Gasteiger partial charge >= 0.3 is 5.97 Å². The average molecular weight is 1800 g/mol. The van der Waals surface area contributed by atoms with E-state index in [-0.39, 0.29) is 102 Å². The van der Waals surface area contributed by atoms with Crippen molar-refractivity contribution in [1.29, 1.82) is 0 Å². The molecule has 0 saturated carbocycles. The number of phenols is 1. The number of unbranched alkanes of at least 4 members (excludes halogenated alkanes) is 1. The highest BCUT2D eigenvalue weighted by atomic mass is 32.2. The number of amides is 16. The van der Waals surface area contributed by atoms with Gasteiger partial charge in [0, 0.05) is 89.2 Å². The fourth-order valence-electron chi connectivity index (χ4n) is 16.0. The number of thioether (sulfide) groups is 1. The average Bonchev–Trinajstić information content (AvgIpc) is 0.920. The molecule has 1 aromatic heterocycles. The number of likely N-dealkylation sites (N-methyl/N-ethyl adjacent to an activating group) is 3. The predicted octanol–water partition coefficient (Wildman–Crippen LogP) is 0.344. The zero-order chi connectivity index (χ0) is 93.8. The summed E-state index contributed by atoms with van der Waals surface area (Å²) in [4.78, 5) is 258. The minimum Gasteiger partial charge on any atom is -0.508 e. The zero-order valence-corrected chi connectivity index (χ0v) is 74.2. The Labute approximate surface area is 746 Å². The number of rotatable bonds is 25. The number of aliphatic carboxylic acids is 1. The van der Waals surface area contributed by atoms with Gasteiger partial charge in [0.05, 0.1) is 18.7 Å². The first-order valence-corrected chi connectivity index (χ1v) is 44.4. The molecule has 8 rings (SSSR count). The van der Waals surface area contributed by atoms with Crippen LogP contribution in [-0.4, -0.2) is 278 Å². The number of nitrogens with zero attached hydrogens (tertiary/aromatic N) is 5. The Morgan fingerprint density at radius 2 is 1.09 bits per heavy atom. The number of fused-ring (bicyclic) bond motifs is 3. The number of hydrogen-bond acceptors (Lipinski definition) is 20. The lowest BCUT2D eigenvalue weighted by molar-refractivity contribution is -0.152. The van der Waals surface area contributed by atoms with Crippen molar-refractivity contribution in [3.63, 3.8) is 0 Å². The fraction of sp³-hybridized carbons (Fsp3) is 0.517. The van der Waals surface area contributed by atoms with Crippen molar-refractivity contribution in [2.45, 2.75) is 222 Å². The number of H-pyrrole nitrogens is 1. The van der Waals surface area contributed by atoms with Crippen molar-refractivity contribution in [1.82, 2.24) is 77.3 Å². The molecule has 37 nitrogen and oxygen atoms in total. The molecule has 4 aromatic carbocycles. The van der Waals surface area contributed by atoms with E-state index in [0.29, 0.717) is 46.0 Å². The normalized spacial score (nSPS) is 24.3. The first-order chi connectivity index (χ1) is 60.9. The van der Waals surface area contributed by atoms with Gasteiger partial charge in [-0.25, -0.2) is 4.39 Å². The summed E-state index contributed by atoms with van der Waals surface area (Å²) in [5.41, 5.74) is 19.6. The molecule has 3 saturated heterocycles. The maximum atomic E-state index is 15.7. The van der Waals surface area contributed by atoms with Crippen LogP contribution in [0.15, 0.2) is 109 Å². The summed E-state index contributed by atoms with van der Waals surface area (Å²) in [5.74, 6) is -19.4. The Morgan fingerprint density at radius 3 is 1.69 bits per heavy atom. The second-order valence-corrected chi connectivity index (χ2v) is 34.2. The van der Waals surface area contributed by atoms with Gasteiger partial charge in [0.1, 0.15) is 90.1 Å². The van der Waals surface area contributed by atoms with Gasteiger partial charge in [0.15, 0.2) is 0 Å². The van der Waals surface area contributed by atoms with E-state index in [1.54, 1.807) is 88.5 Å². The second kappa shape index (κ2) is 48.4. The highest BCUT2D eigenvalue weighted by molar-refractivity contribution is 8.00. The monoisotopic (exact) mass is 1800 g/mol. The molecule has 5 aromatic rings. The summed E-state index contributed by atoms with van der Waals surface area (Å²) in [5, 5.41) is 45.1. The number of carbonyl (C=O) groups excluding carboxylic acids is 16. The van der Waals surface area contributed by atoms with Crippen LogP contribution >= 0.6 is 11.8 Å². The van der Waals surface area contributed by atoms with Gasteiger partial charge in [-0.2, -0.15) is 0 Å². The molecule has 128 heavy (non-hydrogen) atoms. The third-order valence-corrected chi connectivity index (χ3v) is 24.4. The van der Waals surface area contributed by atoms with Gasteiger partial charge in [0.2, 0.25) is 94.5 Å². The summed E-state index contributed by atoms with van der Waals surface area (Å²) < 4.78 is 14.6. The van der Waals surface area contributed by atoms with Crippen LogP contribution < -0.4 is 65.1 Å². The number of carbonyl (C=O) groups is 17. The molecule has 18 N–H and O–H groups in total. The zero-order valence-electron chi connectivity index (χ0n) is 73.4. The van der Waals surface area contributed by atoms with Crippen molar-refractivity contribution in [3.05, 3.63) is 137 Å². The number of aromatic hydroxyl groups is 1. The Morgan fingerprint density at radius 1 is 0.539 bits per heavy atom. The van der Waals surface area contributed by atoms with E-state index in [1.165, 1.54) is 72.2 Å². The first kappa shape index (κ1) is 101. The Balaban J connectivity index is 1.21. The number of carboxylic acid groups (broad SMARTS) is 1. The van der Waals surface area contributed by atoms with Crippen LogP contribution in [0, 0.1) is 17.7 Å². The topological polar surface area (TPSA) is 549 Å². The quantitative estimate of drug-likeness (QED) is 0.0375. The van der Waals surface area contributed by atoms with Gasteiger partial charge in [-0.1, -0.05) is 127 Å². The number of nitrogens with two attached hydrogens (primary N) is 3. The van der Waals surface area contributed by atoms with Crippen LogP contribution in [0.5, 0.6) is 5.75 Å². The minimum atomic E-state index is -1.90. The summed E-state index contributed by atoms with van der Waals surface area (Å²) in [6, 6.07) is 6.27. The molecule has 3 fully saturated rings. The lowest BCUT2D eigenvalue weighted by atomic mass is 9.94. The van der Waals surface area contributed by atoms with Crippen LogP contribution in [0.2, 0.25) is 0 Å². The van der Waals surface area contributed by atoms with Gasteiger partial charge in [-0.05, 0) is 122 Å². The van der Waals surface area contributed by atoms with Gasteiger partial charge in [-0.3, -0.25) is 81.5 Å². The van der Waals surface area contributed by atoms with Crippen molar-refractivity contribution < 1.29 is 96.1 Å². The molecule has 3 aliphatic heterocycles. The summed E-state index contributed by atoms with van der Waals surface area (Å²) in [6.45, 7) is 7.43. The lowest BCUT2D eigenvalue weighted by Gasteiger charge is -2.38. The maximum absolute atomic E-state index is 15.7. The van der Waals surface area contributed by atoms with Crippen molar-refractivity contribution in [2.75, 3.05) is 58.8 Å². The van der Waals surface area contributed by atoms with Crippen LogP contribution in [-0.2, 0) is 107 Å². The molecule has 0 bridgehead atoms. The molecule has 1 unspecified atom stereocenters. The van der Waals surface area contributed by atoms with E-state index in [1.807, 2.05) is 6.92 Å². The summed E-state index contributed by atoms with van der Waals surface area (Å²) >= 11 is 0.772. The Bertz CT molecular complexity index is 4770. The Kier molecular flexibility index (Phi) is 38.1. The highest BCUT2D eigenvalue weighted by Gasteiger charge is 2.47. The molecule has 4 heterocycles. The van der Waals surface area contributed by atoms with Crippen LogP contribution in [0.1, 0.15) is 140 Å². The smallest absolute Gasteiger partial charge is 0.305 e. The van der Waals surface area contributed by atoms with Gasteiger partial charge in [0.25, 0.3) is 0 Å². The molecule has 14 atom stereocenters. The standard InChI is InChI=1S/C89H121FN18O19S/c1-9-11-25-69-88(126)108-40-19-27-68(108)83(121)101-64(45-74(113)114)81(119)103-75(50(3)4)89(127)106(8)76(51(5)10-2)84(122)98-61(36-37-71(92)110)86(124)107-39-18-26-67(107)82(120)100-63(44-55-46-94-59-23-16-15-22-58(55)59)80(118)99-62(41-54-30-34-57(109)35-31-54)79(117)97-60(24-17-38-91)78(116)102-66(77(115)95-47-72(93)111)48-128-49-73(112)96-65(42-53-28-32-56(90)33-29-53)85(123)105(7)70(87(125)104(69)6)43-52-20-13-12-14-21-52/h12-16,20-23,28-35,46,50-51,60-70,75-76,94,109H,9-11,17-19,24-27,36-45,47-49,91H2,1-8H3,(H2,92,110)(H2,93,111)(H,95,115)(H,96,112)(H,97,117)(H,98,122)(H,99,118)(H,100,120)(H,101,121)(H,102,116)(H,103,119)(H,113,114)/t51?,60-,61-,62-,63-,64-,65-,66-,67+,68+,69-,70-,75-,76-/m0/s1. The number of aromatic nitrogens is 1. The highest BCUT2D eigenvalue weighted by Crippen LogP contribution is 2.28. The number of phenolic OH excluding ortho intramolecular Hbond substituents is 1. The number of para-hydroxylation sites is 1. The number of aromatic amines is 1. The molecular formula is C89H121FN18O19S. The molecule has 3 aliphatic rings. The molecule has 0 spiro atoms. The number of primary amides is 2. The van der Waals surface area contributed by atoms with E-state index in [2.05, 4.69) is 52.8 Å². The van der Waals surface area contributed by atoms with Crippen LogP contribution in [0.4, 0.5) is 4.39 Å². The first-order valence-electron chi connectivity index (χ1n) is 43.2. The third-order valence-electron chi connectivity index (χ3n) is 23.4. The molecule has 694 valence electrons.